The minimum atomic E-state index is -0.118. The number of carbonyl (C=O) groups is 1. The SMILES string of the molecule is C[C@H](C=O)C1CC[C@H]2C(O)CCC[C@]12C.[Y].[Y].[Y].[Y]. The first kappa shape index (κ1) is 27.9. The van der Waals surface area contributed by atoms with Crippen molar-refractivity contribution in [2.75, 3.05) is 0 Å². The molecule has 0 aliphatic heterocycles. The van der Waals surface area contributed by atoms with Gasteiger partial charge in [-0.3, -0.25) is 0 Å². The molecule has 0 spiro atoms. The molecule has 0 saturated heterocycles. The van der Waals surface area contributed by atoms with Crippen LogP contribution in [-0.2, 0) is 136 Å². The fraction of sp³-hybridized carbons (Fsp3) is 0.923. The molecule has 98 valence electrons. The van der Waals surface area contributed by atoms with Crippen molar-refractivity contribution >= 4 is 6.29 Å². The Morgan fingerprint density at radius 1 is 1.16 bits per heavy atom. The van der Waals surface area contributed by atoms with Gasteiger partial charge in [-0.15, -0.1) is 0 Å². The number of fused-ring (bicyclic) bond motifs is 1. The summed E-state index contributed by atoms with van der Waals surface area (Å²) in [6.07, 6.45) is 6.49. The van der Waals surface area contributed by atoms with Crippen LogP contribution in [0.5, 0.6) is 0 Å². The maximum absolute atomic E-state index is 10.9. The summed E-state index contributed by atoms with van der Waals surface area (Å²) in [6.45, 7) is 4.32. The molecule has 2 aliphatic rings. The van der Waals surface area contributed by atoms with Gasteiger partial charge in [-0.1, -0.05) is 20.3 Å². The minimum absolute atomic E-state index is 0. The van der Waals surface area contributed by atoms with E-state index in [9.17, 15) is 9.90 Å². The van der Waals surface area contributed by atoms with Crippen molar-refractivity contribution in [1.82, 2.24) is 0 Å². The zero-order valence-corrected chi connectivity index (χ0v) is 23.4. The van der Waals surface area contributed by atoms with E-state index in [-0.39, 0.29) is 148 Å². The number of hydrogen-bond donors (Lipinski definition) is 1. The molecule has 0 amide bonds. The zero-order chi connectivity index (χ0) is 11.1. The maximum Gasteiger partial charge on any atom is 0.123 e. The number of aldehydes is 1. The first-order valence-electron chi connectivity index (χ1n) is 6.23. The van der Waals surface area contributed by atoms with Crippen molar-refractivity contribution in [2.45, 2.75) is 52.1 Å². The normalized spacial score (nSPS) is 37.3. The first-order chi connectivity index (χ1) is 7.09. The molecule has 2 unspecified atom stereocenters. The third kappa shape index (κ3) is 6.12. The summed E-state index contributed by atoms with van der Waals surface area (Å²) in [5.41, 5.74) is 0.220. The number of hydrogen-bond acceptors (Lipinski definition) is 2. The monoisotopic (exact) mass is 566 g/mol. The molecular formula is C13H22O2Y4. The average Bonchev–Trinajstić information content (AvgIpc) is 2.56. The molecule has 0 aromatic carbocycles. The average molecular weight is 566 g/mol. The third-order valence-electron chi connectivity index (χ3n) is 5.01. The van der Waals surface area contributed by atoms with Crippen molar-refractivity contribution < 1.29 is 141 Å². The minimum Gasteiger partial charge on any atom is -0.393 e. The number of rotatable bonds is 2. The predicted molar refractivity (Wildman–Crippen MR) is 59.4 cm³/mol. The van der Waals surface area contributed by atoms with Gasteiger partial charge in [0.2, 0.25) is 0 Å². The van der Waals surface area contributed by atoms with Gasteiger partial charge in [0.15, 0.2) is 0 Å². The molecule has 0 aromatic rings. The van der Waals surface area contributed by atoms with Gasteiger partial charge in [-0.2, -0.15) is 0 Å². The molecule has 0 bridgehead atoms. The van der Waals surface area contributed by atoms with E-state index in [1.165, 1.54) is 6.42 Å². The molecule has 0 heterocycles. The topological polar surface area (TPSA) is 37.3 Å². The molecule has 19 heavy (non-hydrogen) atoms. The van der Waals surface area contributed by atoms with Crippen LogP contribution in [0, 0.1) is 23.2 Å². The van der Waals surface area contributed by atoms with Crippen molar-refractivity contribution in [3.8, 4) is 0 Å². The standard InChI is InChI=1S/C13H22O2.4Y/c1-9(8-14)10-5-6-11-12(15)4-3-7-13(10,11)2;;;;/h8-12,15H,3-7H2,1-2H3;;;;/t9-,10?,11+,12?,13-;;;;/m1..../s1. The van der Waals surface area contributed by atoms with E-state index < -0.39 is 0 Å². The summed E-state index contributed by atoms with van der Waals surface area (Å²) in [5, 5.41) is 10.0. The Bertz CT molecular complexity index is 265. The van der Waals surface area contributed by atoms with Crippen LogP contribution in [0.3, 0.4) is 0 Å². The Kier molecular flexibility index (Phi) is 18.2. The second-order valence-electron chi connectivity index (χ2n) is 5.75. The van der Waals surface area contributed by atoms with E-state index in [2.05, 4.69) is 6.92 Å². The van der Waals surface area contributed by atoms with Gasteiger partial charge in [-0.25, -0.2) is 0 Å². The van der Waals surface area contributed by atoms with Crippen LogP contribution in [0.15, 0.2) is 0 Å². The van der Waals surface area contributed by atoms with Crippen LogP contribution in [-0.4, -0.2) is 17.5 Å². The molecule has 1 N–H and O–H groups in total. The Morgan fingerprint density at radius 2 is 1.74 bits per heavy atom. The molecule has 2 rings (SSSR count). The van der Waals surface area contributed by atoms with E-state index >= 15 is 0 Å². The maximum atomic E-state index is 10.9. The predicted octanol–water partition coefficient (Wildman–Crippen LogP) is 2.39. The Balaban J connectivity index is -0.000000640. The second kappa shape index (κ2) is 12.4. The van der Waals surface area contributed by atoms with Crippen molar-refractivity contribution in [1.29, 1.82) is 0 Å². The molecular weight excluding hydrogens is 544 g/mol. The van der Waals surface area contributed by atoms with Crippen LogP contribution >= 0.6 is 0 Å². The molecule has 2 nitrogen and oxygen atoms in total. The van der Waals surface area contributed by atoms with E-state index in [1.54, 1.807) is 0 Å². The third-order valence-corrected chi connectivity index (χ3v) is 5.01. The van der Waals surface area contributed by atoms with E-state index in [0.717, 1.165) is 32.0 Å². The van der Waals surface area contributed by atoms with Gasteiger partial charge in [0.05, 0.1) is 6.10 Å². The Morgan fingerprint density at radius 3 is 2.26 bits per heavy atom. The summed E-state index contributed by atoms with van der Waals surface area (Å²) in [4.78, 5) is 10.9. The Labute approximate surface area is 218 Å². The molecule has 2 fully saturated rings. The van der Waals surface area contributed by atoms with Crippen LogP contribution in [0.25, 0.3) is 0 Å². The zero-order valence-electron chi connectivity index (χ0n) is 12.1. The molecule has 6 heteroatoms. The summed E-state index contributed by atoms with van der Waals surface area (Å²) in [7, 11) is 0. The molecule has 2 aliphatic carbocycles. The van der Waals surface area contributed by atoms with E-state index in [1.807, 2.05) is 6.92 Å². The van der Waals surface area contributed by atoms with Gasteiger partial charge < -0.3 is 9.90 Å². The fourth-order valence-corrected chi connectivity index (χ4v) is 4.15. The molecule has 5 atom stereocenters. The van der Waals surface area contributed by atoms with Gasteiger partial charge in [-0.05, 0) is 42.9 Å². The number of aliphatic hydroxyl groups excluding tert-OH is 1. The first-order valence-corrected chi connectivity index (χ1v) is 6.23. The Hall–Kier alpha value is 4.05. The van der Waals surface area contributed by atoms with Crippen LogP contribution < -0.4 is 0 Å². The summed E-state index contributed by atoms with van der Waals surface area (Å²) < 4.78 is 0. The van der Waals surface area contributed by atoms with Gasteiger partial charge >= 0.3 is 0 Å². The van der Waals surface area contributed by atoms with Crippen molar-refractivity contribution in [3.05, 3.63) is 0 Å². The summed E-state index contributed by atoms with van der Waals surface area (Å²) >= 11 is 0. The van der Waals surface area contributed by atoms with Crippen LogP contribution in [0.1, 0.15) is 46.0 Å². The van der Waals surface area contributed by atoms with Crippen LogP contribution in [0.2, 0.25) is 0 Å². The molecule has 2 saturated carbocycles. The summed E-state index contributed by atoms with van der Waals surface area (Å²) in [5.74, 6) is 1.10. The second-order valence-corrected chi connectivity index (χ2v) is 5.75. The quantitative estimate of drug-likeness (QED) is 0.522. The van der Waals surface area contributed by atoms with Crippen molar-refractivity contribution in [3.63, 3.8) is 0 Å². The number of carbonyl (C=O) groups excluding carboxylic acids is 1. The van der Waals surface area contributed by atoms with Gasteiger partial charge in [0.1, 0.15) is 6.29 Å². The summed E-state index contributed by atoms with van der Waals surface area (Å²) in [6, 6.07) is 0. The fourth-order valence-electron chi connectivity index (χ4n) is 4.15. The van der Waals surface area contributed by atoms with Gasteiger partial charge in [0, 0.05) is 137 Å². The number of aliphatic hydroxyl groups is 1. The smallest absolute Gasteiger partial charge is 0.123 e. The van der Waals surface area contributed by atoms with Crippen molar-refractivity contribution in [2.24, 2.45) is 23.2 Å². The van der Waals surface area contributed by atoms with Crippen LogP contribution in [0.4, 0.5) is 0 Å². The molecule has 4 radical (unpaired) electrons. The van der Waals surface area contributed by atoms with E-state index in [0.29, 0.717) is 11.8 Å². The van der Waals surface area contributed by atoms with Gasteiger partial charge in [0.25, 0.3) is 0 Å². The largest absolute Gasteiger partial charge is 0.393 e. The molecule has 0 aromatic heterocycles. The van der Waals surface area contributed by atoms with E-state index in [4.69, 9.17) is 0 Å².